The maximum Gasteiger partial charge on any atom is 0.0526 e. The molecule has 0 amide bonds. The van der Waals surface area contributed by atoms with Crippen molar-refractivity contribution in [1.29, 1.82) is 0 Å². The van der Waals surface area contributed by atoms with Crippen molar-refractivity contribution in [3.8, 4) is 0 Å². The van der Waals surface area contributed by atoms with Crippen LogP contribution in [0.4, 0.5) is 0 Å². The second-order valence-electron chi connectivity index (χ2n) is 2.88. The summed E-state index contributed by atoms with van der Waals surface area (Å²) in [5.74, 6) is 0.954. The standard InChI is InChI=1S/C10H12BrClS/c1-8-2-4-10(5-3-8)13-7-9(12)6-11/h2-5,9H,6-7H2,1H3. The van der Waals surface area contributed by atoms with Crippen molar-refractivity contribution >= 4 is 39.3 Å². The summed E-state index contributed by atoms with van der Waals surface area (Å²) in [4.78, 5) is 1.29. The molecule has 0 radical (unpaired) electrons. The van der Waals surface area contributed by atoms with E-state index in [0.29, 0.717) is 0 Å². The second kappa shape index (κ2) is 5.94. The van der Waals surface area contributed by atoms with E-state index in [1.807, 2.05) is 0 Å². The van der Waals surface area contributed by atoms with Gasteiger partial charge < -0.3 is 0 Å². The summed E-state index contributed by atoms with van der Waals surface area (Å²) in [5, 5.41) is 1.07. The highest BCUT2D eigenvalue weighted by Crippen LogP contribution is 2.21. The van der Waals surface area contributed by atoms with Crippen LogP contribution in [-0.2, 0) is 0 Å². The van der Waals surface area contributed by atoms with Crippen LogP contribution in [0.15, 0.2) is 29.2 Å². The Balaban J connectivity index is 2.41. The van der Waals surface area contributed by atoms with Gasteiger partial charge in [0.05, 0.1) is 5.38 Å². The van der Waals surface area contributed by atoms with Crippen LogP contribution in [0, 0.1) is 6.92 Å². The van der Waals surface area contributed by atoms with Gasteiger partial charge in [0.15, 0.2) is 0 Å². The summed E-state index contributed by atoms with van der Waals surface area (Å²) < 4.78 is 0. The molecule has 1 aromatic rings. The molecule has 13 heavy (non-hydrogen) atoms. The van der Waals surface area contributed by atoms with Crippen LogP contribution >= 0.6 is 39.3 Å². The van der Waals surface area contributed by atoms with Gasteiger partial charge >= 0.3 is 0 Å². The summed E-state index contributed by atoms with van der Waals surface area (Å²) in [6.07, 6.45) is 0. The number of thioether (sulfide) groups is 1. The molecule has 1 aromatic carbocycles. The lowest BCUT2D eigenvalue weighted by Gasteiger charge is -2.04. The highest BCUT2D eigenvalue weighted by atomic mass is 79.9. The number of alkyl halides is 2. The quantitative estimate of drug-likeness (QED) is 0.591. The fraction of sp³-hybridized carbons (Fsp3) is 0.400. The summed E-state index contributed by atoms with van der Waals surface area (Å²) in [6.45, 7) is 2.09. The number of hydrogen-bond donors (Lipinski definition) is 0. The lowest BCUT2D eigenvalue weighted by Crippen LogP contribution is -2.02. The predicted octanol–water partition coefficient (Wildman–Crippen LogP) is 4.09. The van der Waals surface area contributed by atoms with E-state index in [0.717, 1.165) is 11.1 Å². The topological polar surface area (TPSA) is 0 Å². The van der Waals surface area contributed by atoms with E-state index in [9.17, 15) is 0 Å². The third-order valence-electron chi connectivity index (χ3n) is 1.62. The van der Waals surface area contributed by atoms with Crippen LogP contribution in [0.1, 0.15) is 5.56 Å². The molecule has 72 valence electrons. The molecule has 0 N–H and O–H groups in total. The minimum Gasteiger partial charge on any atom is -0.125 e. The molecule has 0 saturated heterocycles. The van der Waals surface area contributed by atoms with Gasteiger partial charge in [0.2, 0.25) is 0 Å². The molecule has 0 aliphatic carbocycles. The largest absolute Gasteiger partial charge is 0.125 e. The van der Waals surface area contributed by atoms with Crippen molar-refractivity contribution in [2.45, 2.75) is 17.2 Å². The van der Waals surface area contributed by atoms with Crippen LogP contribution < -0.4 is 0 Å². The normalized spacial score (nSPS) is 12.8. The zero-order valence-electron chi connectivity index (χ0n) is 7.47. The molecule has 1 atom stereocenters. The van der Waals surface area contributed by atoms with Crippen LogP contribution in [0.2, 0.25) is 0 Å². The Morgan fingerprint density at radius 3 is 2.54 bits per heavy atom. The van der Waals surface area contributed by atoms with Crippen molar-refractivity contribution in [3.63, 3.8) is 0 Å². The minimum absolute atomic E-state index is 0.214. The number of aryl methyl sites for hydroxylation is 1. The molecule has 0 aliphatic rings. The van der Waals surface area contributed by atoms with Crippen molar-refractivity contribution in [2.24, 2.45) is 0 Å². The summed E-state index contributed by atoms with van der Waals surface area (Å²) in [5.41, 5.74) is 1.30. The van der Waals surface area contributed by atoms with Crippen LogP contribution in [0.3, 0.4) is 0 Å². The lowest BCUT2D eigenvalue weighted by molar-refractivity contribution is 1.14. The fourth-order valence-corrected chi connectivity index (χ4v) is 2.41. The Labute approximate surface area is 97.2 Å². The van der Waals surface area contributed by atoms with Crippen molar-refractivity contribution in [1.82, 2.24) is 0 Å². The monoisotopic (exact) mass is 278 g/mol. The van der Waals surface area contributed by atoms with Crippen molar-refractivity contribution in [3.05, 3.63) is 29.8 Å². The van der Waals surface area contributed by atoms with Gasteiger partial charge in [-0.2, -0.15) is 0 Å². The number of halogens is 2. The fourth-order valence-electron chi connectivity index (χ4n) is 0.866. The van der Waals surface area contributed by atoms with E-state index in [-0.39, 0.29) is 5.38 Å². The van der Waals surface area contributed by atoms with E-state index in [1.54, 1.807) is 11.8 Å². The smallest absolute Gasteiger partial charge is 0.0526 e. The lowest BCUT2D eigenvalue weighted by atomic mass is 10.2. The van der Waals surface area contributed by atoms with E-state index in [2.05, 4.69) is 47.1 Å². The summed E-state index contributed by atoms with van der Waals surface area (Å²) in [6, 6.07) is 8.52. The SMILES string of the molecule is Cc1ccc(SCC(Cl)CBr)cc1. The first-order valence-corrected chi connectivity index (χ1v) is 6.66. The molecule has 3 heteroatoms. The molecule has 1 rings (SSSR count). The van der Waals surface area contributed by atoms with Gasteiger partial charge in [-0.15, -0.1) is 23.4 Å². The molecule has 0 fully saturated rings. The second-order valence-corrected chi connectivity index (χ2v) is 5.23. The molecule has 1 unspecified atom stereocenters. The third kappa shape index (κ3) is 4.39. The Morgan fingerprint density at radius 1 is 1.38 bits per heavy atom. The molecule has 0 saturated carbocycles. The van der Waals surface area contributed by atoms with Gasteiger partial charge in [-0.25, -0.2) is 0 Å². The van der Waals surface area contributed by atoms with Crippen LogP contribution in [-0.4, -0.2) is 16.5 Å². The summed E-state index contributed by atoms with van der Waals surface area (Å²) >= 11 is 11.1. The predicted molar refractivity (Wildman–Crippen MR) is 65.3 cm³/mol. The Kier molecular flexibility index (Phi) is 5.22. The highest BCUT2D eigenvalue weighted by molar-refractivity contribution is 9.09. The van der Waals surface area contributed by atoms with Gasteiger partial charge in [0.1, 0.15) is 0 Å². The van der Waals surface area contributed by atoms with E-state index >= 15 is 0 Å². The zero-order chi connectivity index (χ0) is 9.68. The molecule has 0 aromatic heterocycles. The first-order chi connectivity index (χ1) is 6.22. The van der Waals surface area contributed by atoms with Gasteiger partial charge in [0.25, 0.3) is 0 Å². The molecule has 0 nitrogen and oxygen atoms in total. The number of benzene rings is 1. The molecular formula is C10H12BrClS. The van der Waals surface area contributed by atoms with E-state index in [1.165, 1.54) is 10.5 Å². The van der Waals surface area contributed by atoms with E-state index < -0.39 is 0 Å². The average Bonchev–Trinajstić information content (AvgIpc) is 2.16. The van der Waals surface area contributed by atoms with Gasteiger partial charge in [-0.3, -0.25) is 0 Å². The summed E-state index contributed by atoms with van der Waals surface area (Å²) in [7, 11) is 0. The Bertz CT molecular complexity index is 248. The maximum absolute atomic E-state index is 5.98. The van der Waals surface area contributed by atoms with Crippen LogP contribution in [0.25, 0.3) is 0 Å². The van der Waals surface area contributed by atoms with Gasteiger partial charge in [-0.1, -0.05) is 33.6 Å². The highest BCUT2D eigenvalue weighted by Gasteiger charge is 2.02. The molecule has 0 aliphatic heterocycles. The van der Waals surface area contributed by atoms with Crippen molar-refractivity contribution in [2.75, 3.05) is 11.1 Å². The number of rotatable bonds is 4. The Hall–Kier alpha value is 0.340. The molecule has 0 bridgehead atoms. The van der Waals surface area contributed by atoms with Crippen molar-refractivity contribution < 1.29 is 0 Å². The minimum atomic E-state index is 0.214. The maximum atomic E-state index is 5.98. The number of hydrogen-bond acceptors (Lipinski definition) is 1. The third-order valence-corrected chi connectivity index (χ3v) is 4.44. The first kappa shape index (κ1) is 11.4. The van der Waals surface area contributed by atoms with Crippen LogP contribution in [0.5, 0.6) is 0 Å². The molecular weight excluding hydrogens is 268 g/mol. The van der Waals surface area contributed by atoms with Gasteiger partial charge in [-0.05, 0) is 19.1 Å². The first-order valence-electron chi connectivity index (χ1n) is 4.12. The Morgan fingerprint density at radius 2 is 2.00 bits per heavy atom. The molecule has 0 spiro atoms. The van der Waals surface area contributed by atoms with E-state index in [4.69, 9.17) is 11.6 Å². The van der Waals surface area contributed by atoms with Gasteiger partial charge in [0, 0.05) is 16.0 Å². The molecule has 0 heterocycles. The zero-order valence-corrected chi connectivity index (χ0v) is 10.6. The average molecular weight is 280 g/mol.